The first-order valence-electron chi connectivity index (χ1n) is 3.65. The number of nitrogens with two attached hydrogens (primary N) is 1. The highest BCUT2D eigenvalue weighted by Crippen LogP contribution is 2.05. The van der Waals surface area contributed by atoms with Crippen LogP contribution in [0.25, 0.3) is 0 Å². The third kappa shape index (κ3) is 4.76. The molecule has 0 saturated heterocycles. The second-order valence-electron chi connectivity index (χ2n) is 2.86. The van der Waals surface area contributed by atoms with Gasteiger partial charge in [-0.15, -0.1) is 0 Å². The van der Waals surface area contributed by atoms with Crippen molar-refractivity contribution in [3.8, 4) is 0 Å². The Bertz CT molecular complexity index is 296. The molecule has 13 heavy (non-hydrogen) atoms. The van der Waals surface area contributed by atoms with Crippen molar-refractivity contribution in [3.63, 3.8) is 0 Å². The van der Waals surface area contributed by atoms with Gasteiger partial charge in [-0.2, -0.15) is 8.42 Å². The van der Waals surface area contributed by atoms with Crippen LogP contribution >= 0.6 is 0 Å². The number of carbonyl (C=O) groups is 1. The van der Waals surface area contributed by atoms with Crippen molar-refractivity contribution in [2.45, 2.75) is 13.0 Å². The summed E-state index contributed by atoms with van der Waals surface area (Å²) in [7, 11) is -4.08. The lowest BCUT2D eigenvalue weighted by molar-refractivity contribution is -0.116. The molecule has 0 bridgehead atoms. The van der Waals surface area contributed by atoms with E-state index >= 15 is 0 Å². The second-order valence-corrected chi connectivity index (χ2v) is 4.36. The highest BCUT2D eigenvalue weighted by Gasteiger charge is 2.22. The smallest absolute Gasteiger partial charge is 0.265 e. The van der Waals surface area contributed by atoms with Crippen LogP contribution in [-0.4, -0.2) is 30.5 Å². The van der Waals surface area contributed by atoms with Crippen molar-refractivity contribution in [2.75, 3.05) is 5.75 Å². The third-order valence-corrected chi connectivity index (χ3v) is 2.56. The molecule has 76 valence electrons. The largest absolute Gasteiger partial charge is 0.321 e. The van der Waals surface area contributed by atoms with E-state index in [1.54, 1.807) is 0 Å². The van der Waals surface area contributed by atoms with Crippen LogP contribution in [0.15, 0.2) is 12.7 Å². The summed E-state index contributed by atoms with van der Waals surface area (Å²) in [5.74, 6) is -1.58. The Labute approximate surface area is 77.4 Å². The molecule has 3 N–H and O–H groups in total. The zero-order valence-electron chi connectivity index (χ0n) is 7.30. The van der Waals surface area contributed by atoms with E-state index in [-0.39, 0.29) is 0 Å². The van der Waals surface area contributed by atoms with Crippen LogP contribution in [0, 0.1) is 5.92 Å². The van der Waals surface area contributed by atoms with Gasteiger partial charge in [-0.1, -0.05) is 13.5 Å². The number of hydrogen-bond donors (Lipinski definition) is 2. The van der Waals surface area contributed by atoms with Gasteiger partial charge >= 0.3 is 0 Å². The van der Waals surface area contributed by atoms with Crippen molar-refractivity contribution < 1.29 is 17.8 Å². The molecule has 5 nitrogen and oxygen atoms in total. The minimum absolute atomic E-state index is 0.434. The molecule has 0 saturated carbocycles. The van der Waals surface area contributed by atoms with Crippen molar-refractivity contribution in [1.82, 2.24) is 0 Å². The normalized spacial score (nSPS) is 16.2. The summed E-state index contributed by atoms with van der Waals surface area (Å²) in [6.45, 7) is 4.69. The molecule has 0 spiro atoms. The fraction of sp³-hybridized carbons (Fsp3) is 0.571. The van der Waals surface area contributed by atoms with Crippen molar-refractivity contribution in [2.24, 2.45) is 11.7 Å². The molecule has 0 heterocycles. The molecule has 0 aromatic heterocycles. The summed E-state index contributed by atoms with van der Waals surface area (Å²) in [6.07, 6.45) is 1.03. The molecule has 2 unspecified atom stereocenters. The van der Waals surface area contributed by atoms with Crippen LogP contribution in [0.4, 0.5) is 0 Å². The molecule has 2 atom stereocenters. The zero-order valence-corrected chi connectivity index (χ0v) is 8.12. The lowest BCUT2D eigenvalue weighted by atomic mass is 10.0. The fourth-order valence-electron chi connectivity index (χ4n) is 0.852. The Morgan fingerprint density at radius 1 is 1.69 bits per heavy atom. The zero-order chi connectivity index (χ0) is 10.6. The van der Waals surface area contributed by atoms with E-state index in [1.165, 1.54) is 6.92 Å². The Kier molecular flexibility index (Phi) is 4.25. The van der Waals surface area contributed by atoms with E-state index in [0.717, 1.165) is 6.08 Å². The molecule has 0 aliphatic heterocycles. The molecular formula is C7H13NO4S. The van der Waals surface area contributed by atoms with E-state index < -0.39 is 33.6 Å². The molecule has 0 aliphatic carbocycles. The number of hydrogen-bond acceptors (Lipinski definition) is 4. The topological polar surface area (TPSA) is 97.5 Å². The van der Waals surface area contributed by atoms with E-state index in [9.17, 15) is 13.2 Å². The van der Waals surface area contributed by atoms with Crippen molar-refractivity contribution >= 4 is 15.9 Å². The Hall–Kier alpha value is -0.720. The monoisotopic (exact) mass is 207 g/mol. The lowest BCUT2D eigenvalue weighted by Gasteiger charge is -2.14. The Balaban J connectivity index is 4.36. The van der Waals surface area contributed by atoms with Gasteiger partial charge in [-0.3, -0.25) is 9.35 Å². The molecule has 0 radical (unpaired) electrons. The van der Waals surface area contributed by atoms with Gasteiger partial charge in [-0.05, 0) is 12.0 Å². The number of ketones is 1. The SMILES string of the molecule is C=CC(=O)C(N)C(C)CS(=O)(=O)O. The van der Waals surface area contributed by atoms with Crippen LogP contribution in [0.1, 0.15) is 6.92 Å². The minimum Gasteiger partial charge on any atom is -0.321 e. The van der Waals surface area contributed by atoms with Crippen LogP contribution in [0.2, 0.25) is 0 Å². The maximum atomic E-state index is 10.9. The molecule has 6 heteroatoms. The molecule has 0 aliphatic rings. The van der Waals surface area contributed by atoms with Gasteiger partial charge in [0.05, 0.1) is 11.8 Å². The van der Waals surface area contributed by atoms with Crippen molar-refractivity contribution in [3.05, 3.63) is 12.7 Å². The summed E-state index contributed by atoms with van der Waals surface area (Å²) in [4.78, 5) is 10.9. The third-order valence-electron chi connectivity index (χ3n) is 1.62. The van der Waals surface area contributed by atoms with Gasteiger partial charge in [0, 0.05) is 0 Å². The maximum absolute atomic E-state index is 10.9. The fourth-order valence-corrected chi connectivity index (χ4v) is 1.72. The Morgan fingerprint density at radius 3 is 2.46 bits per heavy atom. The Morgan fingerprint density at radius 2 is 2.15 bits per heavy atom. The predicted molar refractivity (Wildman–Crippen MR) is 48.8 cm³/mol. The van der Waals surface area contributed by atoms with Gasteiger partial charge < -0.3 is 5.73 Å². The predicted octanol–water partition coefficient (Wildman–Crippen LogP) is -0.407. The van der Waals surface area contributed by atoms with E-state index in [0.29, 0.717) is 0 Å². The van der Waals surface area contributed by atoms with Crippen LogP contribution in [0.3, 0.4) is 0 Å². The number of carbonyl (C=O) groups excluding carboxylic acids is 1. The summed E-state index contributed by atoms with van der Waals surface area (Å²) in [6, 6.07) is -0.931. The summed E-state index contributed by atoms with van der Waals surface area (Å²) in [5, 5.41) is 0. The maximum Gasteiger partial charge on any atom is 0.265 e. The highest BCUT2D eigenvalue weighted by atomic mass is 32.2. The van der Waals surface area contributed by atoms with Gasteiger partial charge in [0.1, 0.15) is 0 Å². The first-order valence-corrected chi connectivity index (χ1v) is 5.26. The number of rotatable bonds is 5. The molecule has 0 amide bonds. The molecule has 0 fully saturated rings. The molecule has 0 aromatic rings. The van der Waals surface area contributed by atoms with Crippen LogP contribution < -0.4 is 5.73 Å². The molecule has 0 rings (SSSR count). The molecular weight excluding hydrogens is 194 g/mol. The standard InChI is InChI=1S/C7H13NO4S/c1-3-6(9)7(8)5(2)4-13(10,11)12/h3,5,7H,1,4,8H2,2H3,(H,10,11,12). The van der Waals surface area contributed by atoms with Crippen molar-refractivity contribution in [1.29, 1.82) is 0 Å². The summed E-state index contributed by atoms with van der Waals surface area (Å²) >= 11 is 0. The van der Waals surface area contributed by atoms with Gasteiger partial charge in [-0.25, -0.2) is 0 Å². The minimum atomic E-state index is -4.08. The van der Waals surface area contributed by atoms with Gasteiger partial charge in [0.2, 0.25) is 0 Å². The molecule has 0 aromatic carbocycles. The average molecular weight is 207 g/mol. The van der Waals surface area contributed by atoms with Crippen LogP contribution in [0.5, 0.6) is 0 Å². The van der Waals surface area contributed by atoms with Gasteiger partial charge in [0.25, 0.3) is 10.1 Å². The van der Waals surface area contributed by atoms with Gasteiger partial charge in [0.15, 0.2) is 5.78 Å². The first-order chi connectivity index (χ1) is 5.78. The first kappa shape index (κ1) is 12.3. The highest BCUT2D eigenvalue weighted by molar-refractivity contribution is 7.85. The summed E-state index contributed by atoms with van der Waals surface area (Å²) < 4.78 is 29.3. The second kappa shape index (κ2) is 4.50. The lowest BCUT2D eigenvalue weighted by Crippen LogP contribution is -2.38. The van der Waals surface area contributed by atoms with Crippen LogP contribution in [-0.2, 0) is 14.9 Å². The summed E-state index contributed by atoms with van der Waals surface area (Å²) in [5.41, 5.74) is 5.38. The van der Waals surface area contributed by atoms with E-state index in [2.05, 4.69) is 6.58 Å². The van der Waals surface area contributed by atoms with E-state index in [1.807, 2.05) is 0 Å². The quantitative estimate of drug-likeness (QED) is 0.472. The average Bonchev–Trinajstić information content (AvgIpc) is 1.98. The van der Waals surface area contributed by atoms with E-state index in [4.69, 9.17) is 10.3 Å².